The third-order valence-electron chi connectivity index (χ3n) is 9.96. The summed E-state index contributed by atoms with van der Waals surface area (Å²) in [5.74, 6) is -2.78. The highest BCUT2D eigenvalue weighted by molar-refractivity contribution is 6.18. The third kappa shape index (κ3) is 9.90. The first-order chi connectivity index (χ1) is 26.6. The lowest BCUT2D eigenvalue weighted by Crippen LogP contribution is -2.57. The van der Waals surface area contributed by atoms with Gasteiger partial charge in [-0.15, -0.1) is 0 Å². The van der Waals surface area contributed by atoms with Gasteiger partial charge in [-0.3, -0.25) is 14.4 Å². The minimum atomic E-state index is -2.20. The lowest BCUT2D eigenvalue weighted by atomic mass is 9.82. The van der Waals surface area contributed by atoms with E-state index in [4.69, 9.17) is 20.9 Å². The molecule has 6 rings (SSSR count). The molecule has 6 aromatic carbocycles. The van der Waals surface area contributed by atoms with Crippen molar-refractivity contribution in [2.45, 2.75) is 70.1 Å². The Morgan fingerprint density at radius 1 is 0.673 bits per heavy atom. The molecule has 0 aliphatic carbocycles. The number of aryl methyl sites for hydroxylation is 1. The number of hydrogen-bond acceptors (Lipinski definition) is 7. The molecule has 0 radical (unpaired) electrons. The summed E-state index contributed by atoms with van der Waals surface area (Å²) in [7, 11) is 0. The molecule has 6 aromatic rings. The number of hydrogen-bond donors (Lipinski definition) is 2. The molecule has 4 N–H and O–H groups in total. The van der Waals surface area contributed by atoms with Crippen LogP contribution in [0.1, 0.15) is 70.8 Å². The van der Waals surface area contributed by atoms with Crippen molar-refractivity contribution in [1.82, 2.24) is 0 Å². The molecule has 0 heterocycles. The van der Waals surface area contributed by atoms with E-state index in [1.165, 1.54) is 5.56 Å². The van der Waals surface area contributed by atoms with E-state index in [1.54, 1.807) is 6.07 Å². The van der Waals surface area contributed by atoms with E-state index in [2.05, 4.69) is 19.1 Å². The molecule has 0 fully saturated rings. The number of rotatable bonds is 17. The Kier molecular flexibility index (Phi) is 12.5. The smallest absolute Gasteiger partial charge is 0.334 e. The summed E-state index contributed by atoms with van der Waals surface area (Å²) in [6.07, 6.45) is 0.00642. The fraction of sp³-hybridized carbons (Fsp3) is 0.234. The number of Topliss-reactive ketones (excluding diaryl/α,β-unsaturated/α-hetero) is 1. The summed E-state index contributed by atoms with van der Waals surface area (Å²) in [5, 5.41) is 3.81. The zero-order valence-corrected chi connectivity index (χ0v) is 31.0. The maximum atomic E-state index is 14.9. The Hall–Kier alpha value is -6.12. The molecule has 55 heavy (non-hydrogen) atoms. The van der Waals surface area contributed by atoms with Crippen LogP contribution < -0.4 is 11.5 Å². The molecule has 0 spiro atoms. The maximum absolute atomic E-state index is 14.9. The fourth-order valence-corrected chi connectivity index (χ4v) is 6.92. The van der Waals surface area contributed by atoms with Crippen molar-refractivity contribution in [3.63, 3.8) is 0 Å². The molecule has 0 saturated heterocycles. The molecule has 0 aliphatic heterocycles. The first kappa shape index (κ1) is 38.6. The first-order valence-corrected chi connectivity index (χ1v) is 18.7. The summed E-state index contributed by atoms with van der Waals surface area (Å²) in [6.45, 7) is 2.19. The number of esters is 2. The Morgan fingerprint density at radius 3 is 1.91 bits per heavy atom. The number of carbonyl (C=O) groups is 4. The number of nitrogens with two attached hydrogens (primary N) is 2. The van der Waals surface area contributed by atoms with Crippen molar-refractivity contribution in [2.24, 2.45) is 11.5 Å². The van der Waals surface area contributed by atoms with Crippen molar-refractivity contribution in [1.29, 1.82) is 0 Å². The van der Waals surface area contributed by atoms with E-state index < -0.39 is 35.3 Å². The highest BCUT2D eigenvalue weighted by Gasteiger charge is 2.45. The van der Waals surface area contributed by atoms with Crippen LogP contribution in [0.5, 0.6) is 0 Å². The number of carbonyl (C=O) groups excluding carboxylic acids is 4. The topological polar surface area (TPSA) is 139 Å². The van der Waals surface area contributed by atoms with Crippen molar-refractivity contribution in [3.05, 3.63) is 167 Å². The summed E-state index contributed by atoms with van der Waals surface area (Å²) < 4.78 is 11.5. The van der Waals surface area contributed by atoms with Gasteiger partial charge in [0.25, 0.3) is 0 Å². The van der Waals surface area contributed by atoms with Gasteiger partial charge in [0.2, 0.25) is 5.91 Å². The molecule has 2 atom stereocenters. The average Bonchev–Trinajstić information content (AvgIpc) is 3.19. The SMILES string of the molecule is CCc1ccc2cc(C[C@@H](CC(N)=O)OC(=O)[C@](N)(CCCC(=O)OCc3ccccc3)C(=O)c3cc4ccccc4cc3Cc3ccccc3)ccc2c1. The molecular weight excluding hydrogens is 689 g/mol. The fourth-order valence-electron chi connectivity index (χ4n) is 6.92. The molecule has 0 bridgehead atoms. The van der Waals surface area contributed by atoms with Crippen LogP contribution in [-0.4, -0.2) is 35.3 Å². The van der Waals surface area contributed by atoms with Gasteiger partial charge in [0.1, 0.15) is 12.7 Å². The molecule has 280 valence electrons. The van der Waals surface area contributed by atoms with Crippen LogP contribution in [0.4, 0.5) is 0 Å². The van der Waals surface area contributed by atoms with E-state index in [1.807, 2.05) is 115 Å². The van der Waals surface area contributed by atoms with Crippen molar-refractivity contribution >= 4 is 45.2 Å². The van der Waals surface area contributed by atoms with Crippen LogP contribution >= 0.6 is 0 Å². The number of ketones is 1. The molecule has 0 saturated carbocycles. The summed E-state index contributed by atoms with van der Waals surface area (Å²) in [5.41, 5.74) is 15.2. The predicted octanol–water partition coefficient (Wildman–Crippen LogP) is 7.97. The van der Waals surface area contributed by atoms with Crippen LogP contribution in [0.15, 0.2) is 133 Å². The van der Waals surface area contributed by atoms with Gasteiger partial charge in [0.15, 0.2) is 11.3 Å². The summed E-state index contributed by atoms with van der Waals surface area (Å²) >= 11 is 0. The van der Waals surface area contributed by atoms with E-state index in [0.717, 1.165) is 44.7 Å². The zero-order chi connectivity index (χ0) is 38.8. The van der Waals surface area contributed by atoms with E-state index in [9.17, 15) is 19.2 Å². The number of primary amides is 1. The van der Waals surface area contributed by atoms with Gasteiger partial charge in [-0.25, -0.2) is 4.79 Å². The molecule has 0 aliphatic rings. The Bertz CT molecular complexity index is 2310. The van der Waals surface area contributed by atoms with Crippen molar-refractivity contribution in [2.75, 3.05) is 0 Å². The summed E-state index contributed by atoms with van der Waals surface area (Å²) in [4.78, 5) is 54.4. The molecular formula is C47H46N2O6. The Morgan fingerprint density at radius 2 is 1.25 bits per heavy atom. The molecule has 0 aromatic heterocycles. The number of ether oxygens (including phenoxy) is 2. The standard InChI is InChI=1S/C47H46N2O6/c1-2-32-19-21-39-26-35(20-22-38(39)24-32)27-41(30-43(48)50)55-46(53)47(49,23-11-18-44(51)54-31-34-14-7-4-8-15-34)45(52)42-29-37-17-10-9-16-36(37)28-40(42)25-33-12-5-3-6-13-33/h3-10,12-17,19-22,24,26,28-29,41H,2,11,18,23,25,27,30-31,49H2,1H3,(H2,48,50)/t41-,47-/m0/s1. The summed E-state index contributed by atoms with van der Waals surface area (Å²) in [6, 6.07) is 42.5. The molecule has 8 nitrogen and oxygen atoms in total. The minimum absolute atomic E-state index is 0.0669. The second kappa shape index (κ2) is 17.8. The van der Waals surface area contributed by atoms with E-state index in [-0.39, 0.29) is 44.3 Å². The van der Waals surface area contributed by atoms with Crippen LogP contribution in [0.3, 0.4) is 0 Å². The highest BCUT2D eigenvalue weighted by Crippen LogP contribution is 2.29. The molecule has 8 heteroatoms. The number of benzene rings is 6. The van der Waals surface area contributed by atoms with Gasteiger partial charge in [0, 0.05) is 18.4 Å². The monoisotopic (exact) mass is 734 g/mol. The zero-order valence-electron chi connectivity index (χ0n) is 31.0. The normalized spacial score (nSPS) is 12.8. The lowest BCUT2D eigenvalue weighted by molar-refractivity contribution is -0.155. The first-order valence-electron chi connectivity index (χ1n) is 18.7. The molecule has 1 amide bonds. The lowest BCUT2D eigenvalue weighted by Gasteiger charge is -2.29. The largest absolute Gasteiger partial charge is 0.461 e. The van der Waals surface area contributed by atoms with Gasteiger partial charge in [0.05, 0.1) is 6.42 Å². The van der Waals surface area contributed by atoms with Crippen LogP contribution in [0.2, 0.25) is 0 Å². The van der Waals surface area contributed by atoms with Crippen molar-refractivity contribution < 1.29 is 28.7 Å². The highest BCUT2D eigenvalue weighted by atomic mass is 16.5. The number of amides is 1. The van der Waals surface area contributed by atoms with Gasteiger partial charge in [-0.2, -0.15) is 0 Å². The Balaban J connectivity index is 1.30. The van der Waals surface area contributed by atoms with E-state index >= 15 is 0 Å². The van der Waals surface area contributed by atoms with Crippen molar-refractivity contribution in [3.8, 4) is 0 Å². The van der Waals surface area contributed by atoms with E-state index in [0.29, 0.717) is 12.0 Å². The van der Waals surface area contributed by atoms with Crippen LogP contribution in [0, 0.1) is 0 Å². The van der Waals surface area contributed by atoms with Crippen LogP contribution in [-0.2, 0) is 49.7 Å². The van der Waals surface area contributed by atoms with Gasteiger partial charge >= 0.3 is 11.9 Å². The number of fused-ring (bicyclic) bond motifs is 2. The second-order valence-corrected chi connectivity index (χ2v) is 14.1. The average molecular weight is 735 g/mol. The molecule has 0 unspecified atom stereocenters. The second-order valence-electron chi connectivity index (χ2n) is 14.1. The Labute approximate surface area is 321 Å². The third-order valence-corrected chi connectivity index (χ3v) is 9.96. The maximum Gasteiger partial charge on any atom is 0.334 e. The minimum Gasteiger partial charge on any atom is -0.461 e. The van der Waals surface area contributed by atoms with Gasteiger partial charge in [-0.1, -0.05) is 134 Å². The van der Waals surface area contributed by atoms with Gasteiger partial charge < -0.3 is 20.9 Å². The van der Waals surface area contributed by atoms with Gasteiger partial charge in [-0.05, 0) is 81.1 Å². The predicted molar refractivity (Wildman–Crippen MR) is 215 cm³/mol. The quantitative estimate of drug-likeness (QED) is 0.0551. The van der Waals surface area contributed by atoms with Crippen LogP contribution in [0.25, 0.3) is 21.5 Å².